The van der Waals surface area contributed by atoms with Gasteiger partial charge in [0.1, 0.15) is 10.7 Å². The topological polar surface area (TPSA) is 66.9 Å². The van der Waals surface area contributed by atoms with Crippen molar-refractivity contribution < 1.29 is 4.74 Å². The monoisotopic (exact) mass is 439 g/mol. The summed E-state index contributed by atoms with van der Waals surface area (Å²) in [5.41, 5.74) is 6.50. The highest BCUT2D eigenvalue weighted by molar-refractivity contribution is 7.15. The van der Waals surface area contributed by atoms with Crippen LogP contribution in [0.2, 0.25) is 0 Å². The second kappa shape index (κ2) is 9.59. The molecule has 31 heavy (non-hydrogen) atoms. The predicted molar refractivity (Wildman–Crippen MR) is 127 cm³/mol. The second-order valence-electron chi connectivity index (χ2n) is 8.83. The molecule has 1 N–H and O–H groups in total. The molecule has 0 aliphatic carbocycles. The molecule has 0 aromatic carbocycles. The van der Waals surface area contributed by atoms with Gasteiger partial charge in [-0.25, -0.2) is 4.98 Å². The van der Waals surface area contributed by atoms with Gasteiger partial charge in [-0.1, -0.05) is 13.8 Å². The van der Waals surface area contributed by atoms with E-state index >= 15 is 0 Å². The Kier molecular flexibility index (Phi) is 6.84. The summed E-state index contributed by atoms with van der Waals surface area (Å²) in [6.07, 6.45) is 4.45. The predicted octanol–water partition coefficient (Wildman–Crippen LogP) is 5.16. The summed E-state index contributed by atoms with van der Waals surface area (Å²) in [4.78, 5) is 13.2. The number of methoxy groups -OCH3 is 1. The first-order valence-electron chi connectivity index (χ1n) is 11.2. The van der Waals surface area contributed by atoms with E-state index < -0.39 is 0 Å². The highest BCUT2D eigenvalue weighted by Gasteiger charge is 2.25. The number of thiazole rings is 1. The van der Waals surface area contributed by atoms with Gasteiger partial charge in [-0.3, -0.25) is 10.1 Å². The number of likely N-dealkylation sites (tertiary alicyclic amines) is 1. The zero-order valence-electron chi connectivity index (χ0n) is 19.2. The molecule has 0 spiro atoms. The van der Waals surface area contributed by atoms with Crippen molar-refractivity contribution in [3.8, 4) is 22.0 Å². The number of aromatic nitrogens is 4. The van der Waals surface area contributed by atoms with Crippen LogP contribution in [0, 0.1) is 13.8 Å². The van der Waals surface area contributed by atoms with E-state index in [4.69, 9.17) is 14.8 Å². The smallest absolute Gasteiger partial charge is 0.144 e. The Balaban J connectivity index is 1.57. The van der Waals surface area contributed by atoms with Crippen LogP contribution in [0.25, 0.3) is 22.0 Å². The van der Waals surface area contributed by atoms with E-state index in [0.29, 0.717) is 11.8 Å². The molecule has 4 rings (SSSR count). The largest absolute Gasteiger partial charge is 0.383 e. The third-order valence-corrected chi connectivity index (χ3v) is 7.25. The van der Waals surface area contributed by atoms with Crippen molar-refractivity contribution in [3.63, 3.8) is 0 Å². The minimum atomic E-state index is 0.342. The summed E-state index contributed by atoms with van der Waals surface area (Å²) < 4.78 is 5.22. The molecule has 166 valence electrons. The molecule has 1 aliphatic heterocycles. The zero-order valence-corrected chi connectivity index (χ0v) is 20.1. The van der Waals surface area contributed by atoms with E-state index in [0.717, 1.165) is 59.6 Å². The molecular formula is C24H33N5OS. The van der Waals surface area contributed by atoms with Gasteiger partial charge in [0.05, 0.1) is 12.3 Å². The van der Waals surface area contributed by atoms with Crippen molar-refractivity contribution in [2.75, 3.05) is 33.4 Å². The van der Waals surface area contributed by atoms with E-state index in [9.17, 15) is 0 Å². The van der Waals surface area contributed by atoms with Gasteiger partial charge in [0, 0.05) is 47.2 Å². The first-order valence-corrected chi connectivity index (χ1v) is 12.0. The van der Waals surface area contributed by atoms with Crippen molar-refractivity contribution in [2.24, 2.45) is 0 Å². The van der Waals surface area contributed by atoms with Crippen LogP contribution in [0.4, 0.5) is 0 Å². The Morgan fingerprint density at radius 1 is 1.19 bits per heavy atom. The number of nitrogens with zero attached hydrogens (tertiary/aromatic N) is 4. The van der Waals surface area contributed by atoms with Crippen LogP contribution in [-0.2, 0) is 4.74 Å². The van der Waals surface area contributed by atoms with Crippen LogP contribution in [0.5, 0.6) is 0 Å². The van der Waals surface area contributed by atoms with E-state index in [1.54, 1.807) is 7.11 Å². The van der Waals surface area contributed by atoms with Gasteiger partial charge in [-0.2, -0.15) is 5.10 Å². The molecule has 1 aliphatic rings. The van der Waals surface area contributed by atoms with Gasteiger partial charge >= 0.3 is 0 Å². The number of hydrogen-bond acceptors (Lipinski definition) is 6. The summed E-state index contributed by atoms with van der Waals surface area (Å²) in [7, 11) is 1.77. The minimum absolute atomic E-state index is 0.342. The zero-order chi connectivity index (χ0) is 22.0. The van der Waals surface area contributed by atoms with E-state index in [1.807, 2.05) is 25.2 Å². The molecule has 0 radical (unpaired) electrons. The van der Waals surface area contributed by atoms with Crippen molar-refractivity contribution in [2.45, 2.75) is 52.4 Å². The average Bonchev–Trinajstić information content (AvgIpc) is 3.39. The summed E-state index contributed by atoms with van der Waals surface area (Å²) in [6, 6.07) is 4.25. The fourth-order valence-electron chi connectivity index (χ4n) is 4.52. The van der Waals surface area contributed by atoms with Gasteiger partial charge in [0.15, 0.2) is 0 Å². The average molecular weight is 440 g/mol. The van der Waals surface area contributed by atoms with Gasteiger partial charge in [-0.05, 0) is 63.7 Å². The SMILES string of the molecule is COCCN1CCC(c2cnc(-c3n[nH]c(-c4cc(C)nc(C)c4)c3C(C)C)s2)CC1. The number of hydrogen-bond donors (Lipinski definition) is 1. The molecule has 1 fully saturated rings. The Labute approximate surface area is 189 Å². The molecule has 7 heteroatoms. The van der Waals surface area contributed by atoms with Crippen LogP contribution in [0.1, 0.15) is 60.4 Å². The maximum atomic E-state index is 5.22. The number of H-pyrrole nitrogens is 1. The third kappa shape index (κ3) is 4.89. The second-order valence-corrected chi connectivity index (χ2v) is 9.89. The standard InChI is InChI=1S/C24H33N5OS/c1-15(2)21-22(19-12-16(3)26-17(4)13-19)27-28-23(21)24-25-14-20(31-24)18-6-8-29(9-7-18)10-11-30-5/h12-15,18H,6-11H2,1-5H3,(H,27,28). The summed E-state index contributed by atoms with van der Waals surface area (Å²) in [5.74, 6) is 0.936. The molecule has 6 nitrogen and oxygen atoms in total. The number of piperidine rings is 1. The summed E-state index contributed by atoms with van der Waals surface area (Å²) in [6.45, 7) is 12.6. The number of aryl methyl sites for hydroxylation is 2. The molecule has 4 heterocycles. The Bertz CT molecular complexity index is 997. The highest BCUT2D eigenvalue weighted by atomic mass is 32.1. The van der Waals surface area contributed by atoms with Crippen molar-refractivity contribution in [1.29, 1.82) is 0 Å². The van der Waals surface area contributed by atoms with Crippen LogP contribution in [0.3, 0.4) is 0 Å². The van der Waals surface area contributed by atoms with Crippen LogP contribution in [0.15, 0.2) is 18.3 Å². The maximum Gasteiger partial charge on any atom is 0.144 e. The van der Waals surface area contributed by atoms with Gasteiger partial charge in [-0.15, -0.1) is 11.3 Å². The van der Waals surface area contributed by atoms with Crippen LogP contribution >= 0.6 is 11.3 Å². The lowest BCUT2D eigenvalue weighted by Gasteiger charge is -2.31. The molecule has 0 atom stereocenters. The lowest BCUT2D eigenvalue weighted by Crippen LogP contribution is -2.35. The molecule has 0 unspecified atom stereocenters. The van der Waals surface area contributed by atoms with Crippen molar-refractivity contribution in [3.05, 3.63) is 40.2 Å². The van der Waals surface area contributed by atoms with Gasteiger partial charge < -0.3 is 9.64 Å². The molecular weight excluding hydrogens is 406 g/mol. The molecule has 3 aromatic rings. The molecule has 1 saturated heterocycles. The number of ether oxygens (including phenoxy) is 1. The van der Waals surface area contributed by atoms with E-state index in [2.05, 4.69) is 47.2 Å². The Morgan fingerprint density at radius 3 is 2.55 bits per heavy atom. The van der Waals surface area contributed by atoms with Crippen molar-refractivity contribution in [1.82, 2.24) is 25.1 Å². The fourth-order valence-corrected chi connectivity index (χ4v) is 5.61. The minimum Gasteiger partial charge on any atom is -0.383 e. The Hall–Kier alpha value is -2.09. The molecule has 0 saturated carbocycles. The van der Waals surface area contributed by atoms with E-state index in [1.165, 1.54) is 23.3 Å². The van der Waals surface area contributed by atoms with Gasteiger partial charge in [0.25, 0.3) is 0 Å². The quantitative estimate of drug-likeness (QED) is 0.551. The number of nitrogens with one attached hydrogen (secondary N) is 1. The van der Waals surface area contributed by atoms with Gasteiger partial charge in [0.2, 0.25) is 0 Å². The summed E-state index contributed by atoms with van der Waals surface area (Å²) in [5, 5.41) is 9.06. The van der Waals surface area contributed by atoms with Crippen LogP contribution in [-0.4, -0.2) is 58.4 Å². The highest BCUT2D eigenvalue weighted by Crippen LogP contribution is 2.40. The first kappa shape index (κ1) is 22.1. The fraction of sp³-hybridized carbons (Fsp3) is 0.542. The normalized spacial score (nSPS) is 15.8. The lowest BCUT2D eigenvalue weighted by molar-refractivity contribution is 0.130. The Morgan fingerprint density at radius 2 is 1.90 bits per heavy atom. The van der Waals surface area contributed by atoms with Crippen LogP contribution < -0.4 is 0 Å². The number of aromatic amines is 1. The lowest BCUT2D eigenvalue weighted by atomic mass is 9.96. The van der Waals surface area contributed by atoms with Crippen molar-refractivity contribution >= 4 is 11.3 Å². The third-order valence-electron chi connectivity index (χ3n) is 6.08. The first-order chi connectivity index (χ1) is 15.0. The number of pyridine rings is 1. The molecule has 0 bridgehead atoms. The van der Waals surface area contributed by atoms with E-state index in [-0.39, 0.29) is 0 Å². The molecule has 3 aromatic heterocycles. The molecule has 0 amide bonds. The number of rotatable bonds is 7. The maximum absolute atomic E-state index is 5.22. The summed E-state index contributed by atoms with van der Waals surface area (Å²) >= 11 is 1.81.